The molecule has 0 aliphatic carbocycles. The van der Waals surface area contributed by atoms with E-state index in [1.807, 2.05) is 0 Å². The summed E-state index contributed by atoms with van der Waals surface area (Å²) in [5.41, 5.74) is 6.14. The number of anilines is 1. The standard InChI is InChI=1S/C14H11BrFNO3/c15-9-4-5-11(16)8(6-9)7-20-13-10(14(18)19)2-1-3-12(13)17/h1-6H,7,17H2,(H,18,19). The molecule has 3 N–H and O–H groups in total. The molecule has 2 rings (SSSR count). The van der Waals surface area contributed by atoms with Crippen LogP contribution in [0.5, 0.6) is 5.75 Å². The fraction of sp³-hybridized carbons (Fsp3) is 0.0714. The lowest BCUT2D eigenvalue weighted by Crippen LogP contribution is -2.07. The first kappa shape index (κ1) is 14.3. The number of carboxylic acids is 1. The summed E-state index contributed by atoms with van der Waals surface area (Å²) in [5, 5.41) is 9.07. The Morgan fingerprint density at radius 2 is 2.10 bits per heavy atom. The minimum atomic E-state index is -1.15. The maximum Gasteiger partial charge on any atom is 0.339 e. The van der Waals surface area contributed by atoms with Crippen molar-refractivity contribution in [2.75, 3.05) is 5.73 Å². The summed E-state index contributed by atoms with van der Waals surface area (Å²) in [5.74, 6) is -1.54. The molecule has 0 spiro atoms. The molecule has 0 saturated heterocycles. The van der Waals surface area contributed by atoms with Crippen molar-refractivity contribution in [3.8, 4) is 5.75 Å². The number of nitrogen functional groups attached to an aromatic ring is 1. The van der Waals surface area contributed by atoms with Crippen LogP contribution in [0.1, 0.15) is 15.9 Å². The van der Waals surface area contributed by atoms with Gasteiger partial charge in [0.05, 0.1) is 5.69 Å². The molecule has 20 heavy (non-hydrogen) atoms. The van der Waals surface area contributed by atoms with Crippen LogP contribution in [-0.2, 0) is 6.61 Å². The molecular weight excluding hydrogens is 329 g/mol. The molecule has 0 aromatic heterocycles. The van der Waals surface area contributed by atoms with Crippen molar-refractivity contribution in [1.29, 1.82) is 0 Å². The van der Waals surface area contributed by atoms with E-state index >= 15 is 0 Å². The maximum absolute atomic E-state index is 13.6. The van der Waals surface area contributed by atoms with Gasteiger partial charge < -0.3 is 15.6 Å². The Morgan fingerprint density at radius 3 is 2.80 bits per heavy atom. The van der Waals surface area contributed by atoms with E-state index in [0.29, 0.717) is 10.0 Å². The molecular formula is C14H11BrFNO3. The number of carbonyl (C=O) groups is 1. The summed E-state index contributed by atoms with van der Waals surface area (Å²) < 4.78 is 19.7. The van der Waals surface area contributed by atoms with Crippen molar-refractivity contribution in [2.45, 2.75) is 6.61 Å². The van der Waals surface area contributed by atoms with E-state index < -0.39 is 11.8 Å². The molecule has 0 atom stereocenters. The van der Waals surface area contributed by atoms with Crippen LogP contribution < -0.4 is 10.5 Å². The topological polar surface area (TPSA) is 72.6 Å². The SMILES string of the molecule is Nc1cccc(C(=O)O)c1OCc1cc(Br)ccc1F. The predicted octanol–water partition coefficient (Wildman–Crippen LogP) is 3.45. The van der Waals surface area contributed by atoms with Gasteiger partial charge in [0.1, 0.15) is 18.0 Å². The van der Waals surface area contributed by atoms with Gasteiger partial charge in [-0.25, -0.2) is 9.18 Å². The number of rotatable bonds is 4. The lowest BCUT2D eigenvalue weighted by molar-refractivity contribution is 0.0692. The molecule has 0 bridgehead atoms. The first-order chi connectivity index (χ1) is 9.49. The van der Waals surface area contributed by atoms with Crippen LogP contribution in [0.2, 0.25) is 0 Å². The number of hydrogen-bond donors (Lipinski definition) is 2. The number of carboxylic acid groups (broad SMARTS) is 1. The van der Waals surface area contributed by atoms with Crippen LogP contribution in [0.25, 0.3) is 0 Å². The summed E-state index contributed by atoms with van der Waals surface area (Å²) in [6.07, 6.45) is 0. The Morgan fingerprint density at radius 1 is 1.35 bits per heavy atom. The number of benzene rings is 2. The van der Waals surface area contributed by atoms with Crippen molar-refractivity contribution in [2.24, 2.45) is 0 Å². The number of aromatic carboxylic acids is 1. The number of ether oxygens (including phenoxy) is 1. The zero-order valence-electron chi connectivity index (χ0n) is 10.3. The minimum Gasteiger partial charge on any atom is -0.486 e. The lowest BCUT2D eigenvalue weighted by atomic mass is 10.1. The second-order valence-corrected chi connectivity index (χ2v) is 4.97. The highest BCUT2D eigenvalue weighted by Crippen LogP contribution is 2.28. The molecule has 0 fully saturated rings. The monoisotopic (exact) mass is 339 g/mol. The van der Waals surface area contributed by atoms with Gasteiger partial charge in [-0.15, -0.1) is 0 Å². The average Bonchev–Trinajstić information content (AvgIpc) is 2.40. The van der Waals surface area contributed by atoms with Crippen LogP contribution in [0.15, 0.2) is 40.9 Å². The van der Waals surface area contributed by atoms with E-state index in [1.54, 1.807) is 12.1 Å². The summed E-state index contributed by atoms with van der Waals surface area (Å²) in [7, 11) is 0. The van der Waals surface area contributed by atoms with Gasteiger partial charge in [0, 0.05) is 10.0 Å². The second-order valence-electron chi connectivity index (χ2n) is 4.05. The maximum atomic E-state index is 13.6. The zero-order valence-corrected chi connectivity index (χ0v) is 11.9. The van der Waals surface area contributed by atoms with Crippen LogP contribution >= 0.6 is 15.9 Å². The van der Waals surface area contributed by atoms with Gasteiger partial charge in [-0.05, 0) is 30.3 Å². The minimum absolute atomic E-state index is 0.0411. The molecule has 2 aromatic rings. The quantitative estimate of drug-likeness (QED) is 0.837. The normalized spacial score (nSPS) is 10.3. The largest absolute Gasteiger partial charge is 0.486 e. The third-order valence-electron chi connectivity index (χ3n) is 2.66. The molecule has 0 radical (unpaired) electrons. The first-order valence-corrected chi connectivity index (χ1v) is 6.47. The molecule has 0 amide bonds. The van der Waals surface area contributed by atoms with E-state index in [9.17, 15) is 9.18 Å². The third-order valence-corrected chi connectivity index (χ3v) is 3.15. The smallest absolute Gasteiger partial charge is 0.339 e. The predicted molar refractivity (Wildman–Crippen MR) is 76.2 cm³/mol. The van der Waals surface area contributed by atoms with Gasteiger partial charge in [0.2, 0.25) is 0 Å². The first-order valence-electron chi connectivity index (χ1n) is 5.67. The zero-order chi connectivity index (χ0) is 14.7. The number of hydrogen-bond acceptors (Lipinski definition) is 3. The summed E-state index contributed by atoms with van der Waals surface area (Å²) in [6, 6.07) is 8.86. The fourth-order valence-corrected chi connectivity index (χ4v) is 2.10. The van der Waals surface area contributed by atoms with Gasteiger partial charge in [0.25, 0.3) is 0 Å². The highest BCUT2D eigenvalue weighted by atomic mass is 79.9. The highest BCUT2D eigenvalue weighted by Gasteiger charge is 2.15. The van der Waals surface area contributed by atoms with Crippen LogP contribution in [0, 0.1) is 5.82 Å². The number of halogens is 2. The molecule has 0 aliphatic rings. The van der Waals surface area contributed by atoms with Crippen LogP contribution in [0.3, 0.4) is 0 Å². The fourth-order valence-electron chi connectivity index (χ4n) is 1.69. The Balaban J connectivity index is 2.27. The van der Waals surface area contributed by atoms with Crippen molar-refractivity contribution >= 4 is 27.6 Å². The van der Waals surface area contributed by atoms with E-state index in [2.05, 4.69) is 15.9 Å². The van der Waals surface area contributed by atoms with Crippen LogP contribution in [0.4, 0.5) is 10.1 Å². The molecule has 104 valence electrons. The molecule has 4 nitrogen and oxygen atoms in total. The summed E-state index contributed by atoms with van der Waals surface area (Å²) in [4.78, 5) is 11.1. The van der Waals surface area contributed by atoms with Crippen molar-refractivity contribution in [3.05, 3.63) is 57.8 Å². The van der Waals surface area contributed by atoms with Gasteiger partial charge in [-0.3, -0.25) is 0 Å². The Kier molecular flexibility index (Phi) is 4.24. The molecule has 0 unspecified atom stereocenters. The Bertz CT molecular complexity index is 661. The molecule has 6 heteroatoms. The van der Waals surface area contributed by atoms with Crippen molar-refractivity contribution in [3.63, 3.8) is 0 Å². The second kappa shape index (κ2) is 5.92. The Labute approximate surface area is 123 Å². The van der Waals surface area contributed by atoms with Gasteiger partial charge in [-0.2, -0.15) is 0 Å². The molecule has 2 aromatic carbocycles. The van der Waals surface area contributed by atoms with E-state index in [4.69, 9.17) is 15.6 Å². The average molecular weight is 340 g/mol. The lowest BCUT2D eigenvalue weighted by Gasteiger charge is -2.12. The highest BCUT2D eigenvalue weighted by molar-refractivity contribution is 9.10. The van der Waals surface area contributed by atoms with Gasteiger partial charge in [-0.1, -0.05) is 22.0 Å². The van der Waals surface area contributed by atoms with Crippen LogP contribution in [-0.4, -0.2) is 11.1 Å². The van der Waals surface area contributed by atoms with E-state index in [0.717, 1.165) is 0 Å². The molecule has 0 saturated carbocycles. The van der Waals surface area contributed by atoms with E-state index in [-0.39, 0.29) is 23.6 Å². The summed E-state index contributed by atoms with van der Waals surface area (Å²) >= 11 is 3.23. The van der Waals surface area contributed by atoms with E-state index in [1.165, 1.54) is 24.3 Å². The van der Waals surface area contributed by atoms with Gasteiger partial charge in [0.15, 0.2) is 5.75 Å². The van der Waals surface area contributed by atoms with Crippen molar-refractivity contribution < 1.29 is 19.0 Å². The molecule has 0 aliphatic heterocycles. The molecule has 0 heterocycles. The summed E-state index contributed by atoms with van der Waals surface area (Å²) in [6.45, 7) is -0.111. The van der Waals surface area contributed by atoms with Gasteiger partial charge >= 0.3 is 5.97 Å². The van der Waals surface area contributed by atoms with Crippen molar-refractivity contribution in [1.82, 2.24) is 0 Å². The number of para-hydroxylation sites is 1. The Hall–Kier alpha value is -2.08. The number of nitrogens with two attached hydrogens (primary N) is 1. The third kappa shape index (κ3) is 3.08.